The van der Waals surface area contributed by atoms with E-state index in [9.17, 15) is 19.8 Å². The number of aromatic nitrogens is 4. The summed E-state index contributed by atoms with van der Waals surface area (Å²) in [5.41, 5.74) is 8.35. The maximum Gasteiger partial charge on any atom is 0.321 e. The van der Waals surface area contributed by atoms with E-state index in [2.05, 4.69) is 57.7 Å². The van der Waals surface area contributed by atoms with Crippen molar-refractivity contribution >= 4 is 79.9 Å². The van der Waals surface area contributed by atoms with E-state index in [1.165, 1.54) is 29.1 Å². The van der Waals surface area contributed by atoms with E-state index in [-0.39, 0.29) is 11.8 Å². The highest BCUT2D eigenvalue weighted by Gasteiger charge is 2.42. The lowest BCUT2D eigenvalue weighted by atomic mass is 9.96. The number of thioether (sulfide) groups is 2. The van der Waals surface area contributed by atoms with Crippen LogP contribution < -0.4 is 0 Å². The van der Waals surface area contributed by atoms with Crippen molar-refractivity contribution in [1.29, 1.82) is 0 Å². The average molecular weight is 795 g/mol. The van der Waals surface area contributed by atoms with Crippen LogP contribution in [0.5, 0.6) is 0 Å². The lowest BCUT2D eigenvalue weighted by Gasteiger charge is -2.18. The van der Waals surface area contributed by atoms with Gasteiger partial charge in [-0.3, -0.25) is 18.7 Å². The lowest BCUT2D eigenvalue weighted by Crippen LogP contribution is -2.27. The van der Waals surface area contributed by atoms with E-state index in [1.807, 2.05) is 60.7 Å². The Balaban J connectivity index is 1.12. The second-order valence-electron chi connectivity index (χ2n) is 14.5. The van der Waals surface area contributed by atoms with Gasteiger partial charge in [-0.2, -0.15) is 0 Å². The maximum atomic E-state index is 12.7. The summed E-state index contributed by atoms with van der Waals surface area (Å²) in [5.74, 6) is -1.41. The Hall–Kier alpha value is -5.55. The minimum Gasteiger partial charge on any atom is -0.480 e. The number of para-hydroxylation sites is 4. The fourth-order valence-corrected chi connectivity index (χ4v) is 9.75. The van der Waals surface area contributed by atoms with E-state index in [0.29, 0.717) is 20.9 Å². The molecule has 3 unspecified atom stereocenters. The van der Waals surface area contributed by atoms with Crippen LogP contribution in [0, 0.1) is 0 Å². The zero-order valence-electron chi connectivity index (χ0n) is 30.3. The van der Waals surface area contributed by atoms with E-state index >= 15 is 0 Å². The van der Waals surface area contributed by atoms with Crippen LogP contribution in [0.3, 0.4) is 0 Å². The molecule has 1 saturated carbocycles. The Morgan fingerprint density at radius 2 is 1.39 bits per heavy atom. The van der Waals surface area contributed by atoms with Crippen molar-refractivity contribution in [2.75, 3.05) is 0 Å². The van der Waals surface area contributed by atoms with E-state index in [4.69, 9.17) is 21.6 Å². The van der Waals surface area contributed by atoms with Gasteiger partial charge in [0.25, 0.3) is 0 Å². The third-order valence-corrected chi connectivity index (χ3v) is 13.1. The van der Waals surface area contributed by atoms with Crippen LogP contribution in [0.25, 0.3) is 44.2 Å². The van der Waals surface area contributed by atoms with E-state index in [1.54, 1.807) is 38.1 Å². The van der Waals surface area contributed by atoms with Crippen LogP contribution in [0.1, 0.15) is 54.0 Å². The summed E-state index contributed by atoms with van der Waals surface area (Å²) in [6.07, 6.45) is 0.945. The monoisotopic (exact) mass is 794 g/mol. The fraction of sp³-hybridized carbons (Fsp3) is 0.156. The number of imidazole rings is 2. The van der Waals surface area contributed by atoms with Gasteiger partial charge in [0.05, 0.1) is 27.8 Å². The summed E-state index contributed by atoms with van der Waals surface area (Å²) in [7, 11) is 0. The van der Waals surface area contributed by atoms with Gasteiger partial charge in [-0.15, -0.1) is 0 Å². The highest BCUT2D eigenvalue weighted by Crippen LogP contribution is 2.58. The molecule has 2 heterocycles. The van der Waals surface area contributed by atoms with Crippen molar-refractivity contribution < 1.29 is 19.8 Å². The molecule has 1 aliphatic rings. The normalized spacial score (nSPS) is 16.1. The molecular weight excluding hydrogens is 760 g/mol. The lowest BCUT2D eigenvalue weighted by molar-refractivity contribution is -0.139. The SMILES string of the molecule is CC(C)(Sc1nc2c(C3CC3c3ccc(-n4c(SC(C(=O)O)c5ccc(Cl)cc5)nc5ccccc54)c4ccccc34)cccc2n1-c1ccccc1)C(=O)O. The molecule has 0 aliphatic heterocycles. The summed E-state index contributed by atoms with van der Waals surface area (Å²) in [6.45, 7) is 3.42. The summed E-state index contributed by atoms with van der Waals surface area (Å²) >= 11 is 8.60. The number of aliphatic carboxylic acids is 2. The molecule has 2 aromatic heterocycles. The summed E-state index contributed by atoms with van der Waals surface area (Å²) in [4.78, 5) is 35.0. The molecule has 2 N–H and O–H groups in total. The highest BCUT2D eigenvalue weighted by atomic mass is 35.5. The third-order valence-electron chi connectivity index (χ3n) is 10.5. The predicted octanol–water partition coefficient (Wildman–Crippen LogP) is 11.3. The molecule has 3 atom stereocenters. The van der Waals surface area contributed by atoms with Crippen molar-refractivity contribution in [3.8, 4) is 11.4 Å². The van der Waals surface area contributed by atoms with Crippen molar-refractivity contribution in [3.05, 3.63) is 155 Å². The number of carbonyl (C=O) groups is 2. The minimum atomic E-state index is -1.08. The highest BCUT2D eigenvalue weighted by molar-refractivity contribution is 8.01. The largest absolute Gasteiger partial charge is 0.480 e. The van der Waals surface area contributed by atoms with Gasteiger partial charge in [0.1, 0.15) is 10.00 Å². The van der Waals surface area contributed by atoms with Crippen molar-refractivity contribution in [2.45, 2.75) is 52.4 Å². The molecule has 0 spiro atoms. The number of hydrogen-bond acceptors (Lipinski definition) is 6. The summed E-state index contributed by atoms with van der Waals surface area (Å²) in [6, 6.07) is 43.8. The van der Waals surface area contributed by atoms with Crippen LogP contribution in [0.4, 0.5) is 0 Å². The van der Waals surface area contributed by atoms with Crippen LogP contribution in [0.15, 0.2) is 144 Å². The molecule has 9 rings (SSSR count). The molecular formula is C45H35ClN4O4S2. The third kappa shape index (κ3) is 6.41. The number of carboxylic acid groups (broad SMARTS) is 2. The smallest absolute Gasteiger partial charge is 0.321 e. The van der Waals surface area contributed by atoms with Crippen molar-refractivity contribution in [2.24, 2.45) is 0 Å². The summed E-state index contributed by atoms with van der Waals surface area (Å²) in [5, 5.41) is 23.4. The first-order valence-corrected chi connectivity index (χ1v) is 20.3. The molecule has 8 aromatic rings. The fourth-order valence-electron chi connectivity index (χ4n) is 7.59. The first-order valence-electron chi connectivity index (χ1n) is 18.2. The van der Waals surface area contributed by atoms with Crippen LogP contribution in [0.2, 0.25) is 5.02 Å². The number of hydrogen-bond donors (Lipinski definition) is 2. The number of carboxylic acids is 2. The molecule has 11 heteroatoms. The molecule has 6 aromatic carbocycles. The standard InChI is InChI=1S/C45H35ClN4O4S2/c1-45(2,42(53)54)56-44-48-39-32(15-10-18-38(39)49(44)28-11-4-3-5-12-28)34-25-33(34)30-23-24-36(31-14-7-6-13-29(30)31)50-37-17-9-8-16-35(37)47-43(50)55-40(41(51)52)26-19-21-27(46)22-20-26/h3-24,33-34,40H,25H2,1-2H3,(H,51,52)(H,53,54). The number of benzene rings is 6. The number of halogens is 1. The second kappa shape index (κ2) is 14.2. The molecule has 0 radical (unpaired) electrons. The van der Waals surface area contributed by atoms with Gasteiger partial charge in [0.2, 0.25) is 0 Å². The maximum absolute atomic E-state index is 12.7. The van der Waals surface area contributed by atoms with Gasteiger partial charge < -0.3 is 10.2 Å². The van der Waals surface area contributed by atoms with Crippen molar-refractivity contribution in [3.63, 3.8) is 0 Å². The average Bonchev–Trinajstić information content (AvgIpc) is 3.77. The van der Waals surface area contributed by atoms with Gasteiger partial charge in [-0.25, -0.2) is 9.97 Å². The van der Waals surface area contributed by atoms with Gasteiger partial charge >= 0.3 is 11.9 Å². The second-order valence-corrected chi connectivity index (χ2v) is 17.6. The topological polar surface area (TPSA) is 110 Å². The van der Waals surface area contributed by atoms with E-state index in [0.717, 1.165) is 56.2 Å². The molecule has 0 saturated heterocycles. The minimum absolute atomic E-state index is 0.216. The quantitative estimate of drug-likeness (QED) is 0.125. The van der Waals surface area contributed by atoms with Gasteiger partial charge in [0.15, 0.2) is 10.3 Å². The molecule has 0 amide bonds. The van der Waals surface area contributed by atoms with Crippen LogP contribution in [-0.4, -0.2) is 46.0 Å². The zero-order valence-corrected chi connectivity index (χ0v) is 32.7. The number of fused-ring (bicyclic) bond motifs is 3. The Morgan fingerprint density at radius 3 is 2.14 bits per heavy atom. The molecule has 0 bridgehead atoms. The first kappa shape index (κ1) is 36.1. The Morgan fingerprint density at radius 1 is 0.714 bits per heavy atom. The van der Waals surface area contributed by atoms with Crippen molar-refractivity contribution in [1.82, 2.24) is 19.1 Å². The Kier molecular flexibility index (Phi) is 9.15. The van der Waals surface area contributed by atoms with Gasteiger partial charge in [0, 0.05) is 16.1 Å². The van der Waals surface area contributed by atoms with Crippen LogP contribution in [-0.2, 0) is 9.59 Å². The van der Waals surface area contributed by atoms with Crippen LogP contribution >= 0.6 is 35.1 Å². The number of rotatable bonds is 11. The summed E-state index contributed by atoms with van der Waals surface area (Å²) < 4.78 is 3.07. The molecule has 8 nitrogen and oxygen atoms in total. The van der Waals surface area contributed by atoms with Gasteiger partial charge in [-0.05, 0) is 103 Å². The van der Waals surface area contributed by atoms with E-state index < -0.39 is 21.9 Å². The molecule has 1 aliphatic carbocycles. The molecule has 56 heavy (non-hydrogen) atoms. The number of nitrogens with zero attached hydrogens (tertiary/aromatic N) is 4. The predicted molar refractivity (Wildman–Crippen MR) is 225 cm³/mol. The van der Waals surface area contributed by atoms with Gasteiger partial charge in [-0.1, -0.05) is 120 Å². The Bertz CT molecular complexity index is 2820. The first-order chi connectivity index (χ1) is 27.1. The Labute approximate surface area is 336 Å². The molecule has 278 valence electrons. The molecule has 1 fully saturated rings. The zero-order chi connectivity index (χ0) is 38.7.